The van der Waals surface area contributed by atoms with Gasteiger partial charge in [-0.25, -0.2) is 0 Å². The molecule has 1 aromatic rings. The zero-order chi connectivity index (χ0) is 20.8. The molecule has 2 saturated heterocycles. The number of benzene rings is 1. The predicted octanol–water partition coefficient (Wildman–Crippen LogP) is 0.804. The van der Waals surface area contributed by atoms with Crippen LogP contribution in [0.25, 0.3) is 0 Å². The van der Waals surface area contributed by atoms with Gasteiger partial charge in [0.25, 0.3) is 11.8 Å². The molecule has 3 fully saturated rings. The average molecular weight is 410 g/mol. The minimum atomic E-state index is -0.920. The topological polar surface area (TPSA) is 98.8 Å². The molecule has 158 valence electrons. The number of piperidine rings is 2. The molecule has 1 aromatic carbocycles. The highest BCUT2D eigenvalue weighted by Crippen LogP contribution is 2.34. The van der Waals surface area contributed by atoms with Crippen LogP contribution in [0.15, 0.2) is 18.2 Å². The van der Waals surface area contributed by atoms with Crippen molar-refractivity contribution in [3.63, 3.8) is 0 Å². The third kappa shape index (κ3) is 3.44. The van der Waals surface area contributed by atoms with Crippen molar-refractivity contribution in [2.75, 3.05) is 13.1 Å². The molecule has 0 radical (unpaired) electrons. The molecular weight excluding hydrogens is 384 g/mol. The van der Waals surface area contributed by atoms with Crippen molar-refractivity contribution in [1.29, 1.82) is 0 Å². The van der Waals surface area contributed by atoms with Crippen LogP contribution in [0, 0.1) is 0 Å². The van der Waals surface area contributed by atoms with Crippen LogP contribution < -0.4 is 10.6 Å². The Bertz CT molecular complexity index is 920. The first kappa shape index (κ1) is 19.4. The molecule has 4 amide bonds. The Kier molecular flexibility index (Phi) is 4.91. The first-order chi connectivity index (χ1) is 14.5. The summed E-state index contributed by atoms with van der Waals surface area (Å²) in [4.78, 5) is 53.1. The van der Waals surface area contributed by atoms with E-state index in [1.165, 1.54) is 12.8 Å². The van der Waals surface area contributed by atoms with Crippen LogP contribution in [0.2, 0.25) is 0 Å². The summed E-state index contributed by atoms with van der Waals surface area (Å²) < 4.78 is 0. The normalized spacial score (nSPS) is 25.1. The van der Waals surface area contributed by atoms with Crippen molar-refractivity contribution >= 4 is 23.6 Å². The van der Waals surface area contributed by atoms with Gasteiger partial charge in [0.15, 0.2) is 0 Å². The molecule has 0 aromatic heterocycles. The van der Waals surface area contributed by atoms with Crippen LogP contribution in [-0.2, 0) is 16.1 Å². The molecule has 1 saturated carbocycles. The summed E-state index contributed by atoms with van der Waals surface area (Å²) in [6, 6.07) is 5.69. The quantitative estimate of drug-likeness (QED) is 0.697. The molecule has 0 bridgehead atoms. The monoisotopic (exact) mass is 410 g/mol. The Morgan fingerprint density at radius 3 is 2.30 bits per heavy atom. The summed E-state index contributed by atoms with van der Waals surface area (Å²) in [5.74, 6) is -1.83. The van der Waals surface area contributed by atoms with Crippen LogP contribution >= 0.6 is 0 Å². The lowest BCUT2D eigenvalue weighted by atomic mass is 10.0. The molecule has 1 unspecified atom stereocenters. The first-order valence-corrected chi connectivity index (χ1v) is 10.8. The first-order valence-electron chi connectivity index (χ1n) is 10.8. The third-order valence-electron chi connectivity index (χ3n) is 6.66. The fraction of sp³-hybridized carbons (Fsp3) is 0.545. The van der Waals surface area contributed by atoms with E-state index in [9.17, 15) is 19.2 Å². The second-order valence-electron chi connectivity index (χ2n) is 8.71. The van der Waals surface area contributed by atoms with Gasteiger partial charge in [-0.05, 0) is 62.9 Å². The van der Waals surface area contributed by atoms with E-state index >= 15 is 0 Å². The van der Waals surface area contributed by atoms with E-state index in [0.717, 1.165) is 42.9 Å². The second kappa shape index (κ2) is 7.59. The summed E-state index contributed by atoms with van der Waals surface area (Å²) in [6.07, 6.45) is 4.99. The van der Waals surface area contributed by atoms with Gasteiger partial charge in [-0.2, -0.15) is 0 Å². The molecular formula is C22H26N4O4. The van der Waals surface area contributed by atoms with E-state index in [1.807, 2.05) is 12.1 Å². The summed E-state index contributed by atoms with van der Waals surface area (Å²) >= 11 is 0. The standard InChI is InChI=1S/C22H26N4O4/c27-19-6-5-18(20(28)24-19)26-21(29)16-4-1-13(11-17(16)22(26)30)12-25(14-2-3-14)15-7-9-23-10-8-15/h1,4,11,14-15,18,23H,2-3,5-10,12H2,(H,24,27,28). The molecule has 0 spiro atoms. The van der Waals surface area contributed by atoms with E-state index in [1.54, 1.807) is 6.07 Å². The van der Waals surface area contributed by atoms with Gasteiger partial charge in [0.05, 0.1) is 11.1 Å². The molecule has 1 aliphatic carbocycles. The minimum absolute atomic E-state index is 0.127. The SMILES string of the molecule is O=C1CCC(N2C(=O)c3ccc(CN(C4CCNCC4)C4CC4)cc3C2=O)C(=O)N1. The second-order valence-corrected chi connectivity index (χ2v) is 8.71. The maximum Gasteiger partial charge on any atom is 0.262 e. The number of imide groups is 2. The summed E-state index contributed by atoms with van der Waals surface area (Å²) in [6.45, 7) is 2.83. The summed E-state index contributed by atoms with van der Waals surface area (Å²) in [5, 5.41) is 5.64. The van der Waals surface area contributed by atoms with Crippen molar-refractivity contribution in [3.8, 4) is 0 Å². The number of amides is 4. The molecule has 2 N–H and O–H groups in total. The molecule has 1 atom stereocenters. The van der Waals surface area contributed by atoms with Gasteiger partial charge in [0.2, 0.25) is 11.8 Å². The van der Waals surface area contributed by atoms with E-state index < -0.39 is 23.8 Å². The summed E-state index contributed by atoms with van der Waals surface area (Å²) in [7, 11) is 0. The van der Waals surface area contributed by atoms with Crippen LogP contribution in [-0.4, -0.2) is 64.6 Å². The highest BCUT2D eigenvalue weighted by Gasteiger charge is 2.44. The number of nitrogens with one attached hydrogen (secondary N) is 2. The smallest absolute Gasteiger partial charge is 0.262 e. The highest BCUT2D eigenvalue weighted by molar-refractivity contribution is 6.23. The van der Waals surface area contributed by atoms with Crippen molar-refractivity contribution in [1.82, 2.24) is 20.4 Å². The maximum absolute atomic E-state index is 13.0. The maximum atomic E-state index is 13.0. The van der Waals surface area contributed by atoms with Crippen molar-refractivity contribution in [2.24, 2.45) is 0 Å². The number of fused-ring (bicyclic) bond motifs is 1. The highest BCUT2D eigenvalue weighted by atomic mass is 16.2. The molecule has 4 aliphatic rings. The average Bonchev–Trinajstić information content (AvgIpc) is 3.55. The number of hydrogen-bond acceptors (Lipinski definition) is 6. The van der Waals surface area contributed by atoms with Crippen LogP contribution in [0.4, 0.5) is 0 Å². The van der Waals surface area contributed by atoms with Gasteiger partial charge in [0.1, 0.15) is 6.04 Å². The van der Waals surface area contributed by atoms with Gasteiger partial charge < -0.3 is 5.32 Å². The van der Waals surface area contributed by atoms with Gasteiger partial charge in [-0.3, -0.25) is 34.3 Å². The Morgan fingerprint density at radius 2 is 1.60 bits per heavy atom. The van der Waals surface area contributed by atoms with Crippen LogP contribution in [0.5, 0.6) is 0 Å². The lowest BCUT2D eigenvalue weighted by molar-refractivity contribution is -0.136. The number of carbonyl (C=O) groups is 4. The van der Waals surface area contributed by atoms with Gasteiger partial charge in [0, 0.05) is 25.0 Å². The fourth-order valence-electron chi connectivity index (χ4n) is 4.93. The molecule has 5 rings (SSSR count). The van der Waals surface area contributed by atoms with Gasteiger partial charge >= 0.3 is 0 Å². The zero-order valence-corrected chi connectivity index (χ0v) is 16.9. The molecule has 3 heterocycles. The van der Waals surface area contributed by atoms with E-state index in [0.29, 0.717) is 23.2 Å². The fourth-order valence-corrected chi connectivity index (χ4v) is 4.93. The third-order valence-corrected chi connectivity index (χ3v) is 6.66. The zero-order valence-electron chi connectivity index (χ0n) is 16.9. The molecule has 3 aliphatic heterocycles. The lowest BCUT2D eigenvalue weighted by Gasteiger charge is -2.35. The molecule has 8 heteroatoms. The minimum Gasteiger partial charge on any atom is -0.317 e. The van der Waals surface area contributed by atoms with E-state index in [4.69, 9.17) is 0 Å². The Morgan fingerprint density at radius 1 is 0.900 bits per heavy atom. The molecule has 8 nitrogen and oxygen atoms in total. The van der Waals surface area contributed by atoms with Gasteiger partial charge in [-0.15, -0.1) is 0 Å². The summed E-state index contributed by atoms with van der Waals surface area (Å²) in [5.41, 5.74) is 1.72. The van der Waals surface area contributed by atoms with Gasteiger partial charge in [-0.1, -0.05) is 6.07 Å². The number of rotatable bonds is 5. The number of nitrogens with zero attached hydrogens (tertiary/aromatic N) is 2. The van der Waals surface area contributed by atoms with Crippen molar-refractivity contribution < 1.29 is 19.2 Å². The Balaban J connectivity index is 1.36. The van der Waals surface area contributed by atoms with E-state index in [-0.39, 0.29) is 18.7 Å². The largest absolute Gasteiger partial charge is 0.317 e. The molecule has 30 heavy (non-hydrogen) atoms. The van der Waals surface area contributed by atoms with Crippen LogP contribution in [0.1, 0.15) is 64.8 Å². The van der Waals surface area contributed by atoms with Crippen molar-refractivity contribution in [2.45, 2.75) is 63.2 Å². The lowest BCUT2D eigenvalue weighted by Crippen LogP contribution is -2.54. The van der Waals surface area contributed by atoms with Crippen molar-refractivity contribution in [3.05, 3.63) is 34.9 Å². The number of carbonyl (C=O) groups excluding carboxylic acids is 4. The number of hydrogen-bond donors (Lipinski definition) is 2. The Labute approximate surface area is 175 Å². The Hall–Kier alpha value is -2.58. The van der Waals surface area contributed by atoms with E-state index in [2.05, 4.69) is 15.5 Å². The van der Waals surface area contributed by atoms with Crippen LogP contribution in [0.3, 0.4) is 0 Å². The predicted molar refractivity (Wildman–Crippen MR) is 108 cm³/mol.